The van der Waals surface area contributed by atoms with Gasteiger partial charge in [-0.25, -0.2) is 8.42 Å². The van der Waals surface area contributed by atoms with Crippen LogP contribution in [-0.2, 0) is 21.4 Å². The summed E-state index contributed by atoms with van der Waals surface area (Å²) in [7, 11) is -2.57. The topological polar surface area (TPSA) is 80.6 Å². The zero-order valence-corrected chi connectivity index (χ0v) is 22.5. The first-order valence-corrected chi connectivity index (χ1v) is 13.9. The smallest absolute Gasteiger partial charge is 0.264 e. The molecule has 194 valence electrons. The third-order valence-corrected chi connectivity index (χ3v) is 8.46. The van der Waals surface area contributed by atoms with Gasteiger partial charge in [0, 0.05) is 39.1 Å². The normalized spacial score (nSPS) is 11.6. The highest BCUT2D eigenvalue weighted by Crippen LogP contribution is 2.31. The molecular weight excluding hydrogens is 522 g/mol. The molecule has 1 aromatic heterocycles. The molecule has 5 aromatic rings. The molecule has 5 rings (SSSR count). The van der Waals surface area contributed by atoms with E-state index in [1.54, 1.807) is 36.4 Å². The number of carbonyl (C=O) groups is 1. The first-order valence-electron chi connectivity index (χ1n) is 12.0. The minimum absolute atomic E-state index is 0.0369. The SMILES string of the molecule is CCn1c2ccccc2c2cc(NC(=O)CN(c3ccc(Cl)cc3)S(=O)(=O)c3ccc(OC)cc3)ccc21. The number of nitrogens with one attached hydrogen (secondary N) is 1. The summed E-state index contributed by atoms with van der Waals surface area (Å²) in [5.74, 6) is 0.0511. The summed E-state index contributed by atoms with van der Waals surface area (Å²) < 4.78 is 35.7. The van der Waals surface area contributed by atoms with E-state index in [-0.39, 0.29) is 4.90 Å². The monoisotopic (exact) mass is 547 g/mol. The van der Waals surface area contributed by atoms with E-state index in [0.717, 1.165) is 32.7 Å². The molecule has 9 heteroatoms. The fourth-order valence-electron chi connectivity index (χ4n) is 4.60. The molecule has 0 aliphatic rings. The van der Waals surface area contributed by atoms with Gasteiger partial charge >= 0.3 is 0 Å². The lowest BCUT2D eigenvalue weighted by molar-refractivity contribution is -0.114. The molecule has 0 fully saturated rings. The van der Waals surface area contributed by atoms with Crippen LogP contribution in [0.5, 0.6) is 5.75 Å². The number of halogens is 1. The Labute approximate surface area is 226 Å². The van der Waals surface area contributed by atoms with Crippen LogP contribution in [0.1, 0.15) is 6.92 Å². The number of carbonyl (C=O) groups excluding carboxylic acids is 1. The number of amides is 1. The Balaban J connectivity index is 1.47. The summed E-state index contributed by atoms with van der Waals surface area (Å²) in [5, 5.41) is 5.44. The molecule has 38 heavy (non-hydrogen) atoms. The van der Waals surface area contributed by atoms with Crippen LogP contribution in [0.25, 0.3) is 21.8 Å². The highest BCUT2D eigenvalue weighted by atomic mass is 35.5. The second-order valence-corrected chi connectivity index (χ2v) is 11.0. The van der Waals surface area contributed by atoms with Gasteiger partial charge in [-0.2, -0.15) is 0 Å². The molecule has 0 unspecified atom stereocenters. The molecule has 1 amide bonds. The number of hydrogen-bond acceptors (Lipinski definition) is 4. The third-order valence-electron chi connectivity index (χ3n) is 6.42. The molecular formula is C29H26ClN3O4S. The van der Waals surface area contributed by atoms with Crippen LogP contribution in [0.2, 0.25) is 5.02 Å². The van der Waals surface area contributed by atoms with Crippen molar-refractivity contribution in [2.75, 3.05) is 23.3 Å². The molecule has 0 saturated heterocycles. The number of benzene rings is 4. The number of aryl methyl sites for hydroxylation is 1. The lowest BCUT2D eigenvalue weighted by Crippen LogP contribution is -2.38. The van der Waals surface area contributed by atoms with Crippen LogP contribution < -0.4 is 14.4 Å². The summed E-state index contributed by atoms with van der Waals surface area (Å²) in [6.07, 6.45) is 0. The van der Waals surface area contributed by atoms with Gasteiger partial charge in [-0.1, -0.05) is 29.8 Å². The van der Waals surface area contributed by atoms with E-state index in [1.165, 1.54) is 19.2 Å². The van der Waals surface area contributed by atoms with Crippen LogP contribution in [-0.4, -0.2) is 32.5 Å². The van der Waals surface area contributed by atoms with E-state index in [2.05, 4.69) is 28.9 Å². The number of ether oxygens (including phenoxy) is 1. The first kappa shape index (κ1) is 25.6. The molecule has 1 heterocycles. The number of rotatable bonds is 8. The number of fused-ring (bicyclic) bond motifs is 3. The Morgan fingerprint density at radius 2 is 1.61 bits per heavy atom. The second kappa shape index (κ2) is 10.4. The van der Waals surface area contributed by atoms with Crippen molar-refractivity contribution in [2.45, 2.75) is 18.4 Å². The van der Waals surface area contributed by atoms with Crippen LogP contribution in [0.15, 0.2) is 95.9 Å². The number of para-hydroxylation sites is 1. The summed E-state index contributed by atoms with van der Waals surface area (Å²) in [5.41, 5.74) is 3.09. The largest absolute Gasteiger partial charge is 0.497 e. The number of methoxy groups -OCH3 is 1. The summed E-state index contributed by atoms with van der Waals surface area (Å²) in [6, 6.07) is 26.2. The standard InChI is InChI=1S/C29H26ClN3O4S/c1-3-32-27-7-5-4-6-25(27)26-18-21(10-17-28(26)32)31-29(34)19-33(22-11-8-20(30)9-12-22)38(35,36)24-15-13-23(37-2)14-16-24/h4-18H,3,19H2,1-2H3,(H,31,34). The third kappa shape index (κ3) is 4.80. The Bertz CT molecular complexity index is 1730. The summed E-state index contributed by atoms with van der Waals surface area (Å²) >= 11 is 6.03. The molecule has 0 atom stereocenters. The van der Waals surface area contributed by atoms with Crippen LogP contribution in [0.4, 0.5) is 11.4 Å². The van der Waals surface area contributed by atoms with E-state index in [0.29, 0.717) is 22.1 Å². The molecule has 0 spiro atoms. The van der Waals surface area contributed by atoms with Crippen molar-refractivity contribution < 1.29 is 17.9 Å². The molecule has 0 saturated carbocycles. The van der Waals surface area contributed by atoms with Crippen LogP contribution in [0, 0.1) is 0 Å². The Morgan fingerprint density at radius 1 is 0.921 bits per heavy atom. The number of hydrogen-bond donors (Lipinski definition) is 1. The van der Waals surface area contributed by atoms with E-state index in [9.17, 15) is 13.2 Å². The van der Waals surface area contributed by atoms with E-state index in [4.69, 9.17) is 16.3 Å². The minimum Gasteiger partial charge on any atom is -0.497 e. The first-order chi connectivity index (χ1) is 18.3. The minimum atomic E-state index is -4.07. The molecule has 4 aromatic carbocycles. The fourth-order valence-corrected chi connectivity index (χ4v) is 6.15. The highest BCUT2D eigenvalue weighted by molar-refractivity contribution is 7.92. The van der Waals surface area contributed by atoms with Crippen molar-refractivity contribution in [3.05, 3.63) is 96.0 Å². The maximum atomic E-state index is 13.6. The molecule has 0 aliphatic heterocycles. The fraction of sp³-hybridized carbons (Fsp3) is 0.138. The Morgan fingerprint density at radius 3 is 2.29 bits per heavy atom. The number of aromatic nitrogens is 1. The molecule has 0 aliphatic carbocycles. The zero-order chi connectivity index (χ0) is 26.9. The zero-order valence-electron chi connectivity index (χ0n) is 20.9. The van der Waals surface area contributed by atoms with E-state index >= 15 is 0 Å². The van der Waals surface area contributed by atoms with Crippen molar-refractivity contribution in [1.82, 2.24) is 4.57 Å². The Hall–Kier alpha value is -4.01. The van der Waals surface area contributed by atoms with Gasteiger partial charge in [0.25, 0.3) is 10.0 Å². The molecule has 0 radical (unpaired) electrons. The van der Waals surface area contributed by atoms with Crippen LogP contribution >= 0.6 is 11.6 Å². The lowest BCUT2D eigenvalue weighted by atomic mass is 10.1. The maximum absolute atomic E-state index is 13.6. The van der Waals surface area contributed by atoms with E-state index < -0.39 is 22.5 Å². The van der Waals surface area contributed by atoms with Crippen molar-refractivity contribution in [1.29, 1.82) is 0 Å². The Kier molecular flexibility index (Phi) is 7.01. The molecule has 7 nitrogen and oxygen atoms in total. The van der Waals surface area contributed by atoms with Crippen LogP contribution in [0.3, 0.4) is 0 Å². The molecule has 0 bridgehead atoms. The van der Waals surface area contributed by atoms with Gasteiger partial charge < -0.3 is 14.6 Å². The predicted octanol–water partition coefficient (Wildman–Crippen LogP) is 6.31. The van der Waals surface area contributed by atoms with Gasteiger partial charge in [0.15, 0.2) is 0 Å². The average molecular weight is 548 g/mol. The number of anilines is 2. The number of sulfonamides is 1. The molecule has 1 N–H and O–H groups in total. The van der Waals surface area contributed by atoms with Gasteiger partial charge in [0.2, 0.25) is 5.91 Å². The lowest BCUT2D eigenvalue weighted by Gasteiger charge is -2.24. The van der Waals surface area contributed by atoms with Gasteiger partial charge in [-0.3, -0.25) is 9.10 Å². The van der Waals surface area contributed by atoms with Crippen molar-refractivity contribution in [3.63, 3.8) is 0 Å². The second-order valence-electron chi connectivity index (χ2n) is 8.71. The highest BCUT2D eigenvalue weighted by Gasteiger charge is 2.27. The van der Waals surface area contributed by atoms with Gasteiger partial charge in [0.1, 0.15) is 12.3 Å². The maximum Gasteiger partial charge on any atom is 0.264 e. The average Bonchev–Trinajstić information content (AvgIpc) is 3.25. The van der Waals surface area contributed by atoms with Gasteiger partial charge in [-0.15, -0.1) is 0 Å². The van der Waals surface area contributed by atoms with E-state index in [1.807, 2.05) is 30.3 Å². The van der Waals surface area contributed by atoms with Crippen molar-refractivity contribution >= 4 is 60.7 Å². The van der Waals surface area contributed by atoms with Crippen molar-refractivity contribution in [3.8, 4) is 5.75 Å². The quantitative estimate of drug-likeness (QED) is 0.247. The predicted molar refractivity (Wildman–Crippen MR) is 153 cm³/mol. The van der Waals surface area contributed by atoms with Gasteiger partial charge in [0.05, 0.1) is 17.7 Å². The van der Waals surface area contributed by atoms with Crippen molar-refractivity contribution in [2.24, 2.45) is 0 Å². The summed E-state index contributed by atoms with van der Waals surface area (Å²) in [6.45, 7) is 2.48. The van der Waals surface area contributed by atoms with Gasteiger partial charge in [-0.05, 0) is 79.7 Å². The summed E-state index contributed by atoms with van der Waals surface area (Å²) in [4.78, 5) is 13.3. The number of nitrogens with zero attached hydrogens (tertiary/aromatic N) is 2.